The van der Waals surface area contributed by atoms with Crippen molar-refractivity contribution in [1.82, 2.24) is 4.90 Å². The van der Waals surface area contributed by atoms with Crippen LogP contribution >= 0.6 is 12.4 Å². The molecule has 1 aromatic rings. The maximum atomic E-state index is 4.55. The monoisotopic (exact) mass is 279 g/mol. The first-order valence-corrected chi connectivity index (χ1v) is 6.85. The van der Waals surface area contributed by atoms with Crippen LogP contribution in [-0.2, 0) is 12.8 Å². The van der Waals surface area contributed by atoms with Crippen molar-refractivity contribution in [3.63, 3.8) is 0 Å². The molecule has 2 aliphatic heterocycles. The van der Waals surface area contributed by atoms with Crippen molar-refractivity contribution in [3.05, 3.63) is 23.3 Å². The summed E-state index contributed by atoms with van der Waals surface area (Å²) in [7, 11) is 4.02. The summed E-state index contributed by atoms with van der Waals surface area (Å²) in [6.07, 6.45) is 6.88. The Bertz CT molecular complexity index is 451. The minimum absolute atomic E-state index is 0. The first-order valence-electron chi connectivity index (χ1n) is 6.85. The minimum atomic E-state index is 0. The van der Waals surface area contributed by atoms with Gasteiger partial charge in [-0.25, -0.2) is 4.99 Å². The molecule has 0 radical (unpaired) electrons. The molecule has 0 N–H and O–H groups in total. The lowest BCUT2D eigenvalue weighted by molar-refractivity contribution is 0.633. The summed E-state index contributed by atoms with van der Waals surface area (Å²) in [5, 5.41) is 0. The van der Waals surface area contributed by atoms with Gasteiger partial charge >= 0.3 is 0 Å². The Hall–Kier alpha value is -1.22. The molecule has 3 nitrogen and oxygen atoms in total. The van der Waals surface area contributed by atoms with Gasteiger partial charge in [-0.1, -0.05) is 0 Å². The van der Waals surface area contributed by atoms with Crippen molar-refractivity contribution < 1.29 is 0 Å². The van der Waals surface area contributed by atoms with Crippen molar-refractivity contribution in [1.29, 1.82) is 0 Å². The molecule has 19 heavy (non-hydrogen) atoms. The predicted octanol–water partition coefficient (Wildman–Crippen LogP) is 3.03. The second-order valence-electron chi connectivity index (χ2n) is 5.51. The van der Waals surface area contributed by atoms with Gasteiger partial charge in [-0.3, -0.25) is 0 Å². The van der Waals surface area contributed by atoms with Crippen LogP contribution in [0.4, 0.5) is 11.4 Å². The Morgan fingerprint density at radius 3 is 2.21 bits per heavy atom. The van der Waals surface area contributed by atoms with E-state index in [0.717, 1.165) is 5.69 Å². The standard InChI is InChI=1S/C15H21N3.ClH/c1-17(2)11-16-14-9-12-5-3-7-18-8-4-6-13(10-14)15(12)18;/h9-11H,3-8H2,1-2H3;1H. The predicted molar refractivity (Wildman–Crippen MR) is 84.4 cm³/mol. The van der Waals surface area contributed by atoms with Crippen molar-refractivity contribution in [2.45, 2.75) is 25.7 Å². The molecule has 3 rings (SSSR count). The van der Waals surface area contributed by atoms with E-state index in [9.17, 15) is 0 Å². The van der Waals surface area contributed by atoms with E-state index in [1.165, 1.54) is 55.6 Å². The van der Waals surface area contributed by atoms with Gasteiger partial charge in [0.05, 0.1) is 12.0 Å². The zero-order chi connectivity index (χ0) is 12.5. The zero-order valence-corrected chi connectivity index (χ0v) is 12.5. The maximum absolute atomic E-state index is 4.55. The lowest BCUT2D eigenvalue weighted by atomic mass is 9.91. The number of halogens is 1. The van der Waals surface area contributed by atoms with Crippen molar-refractivity contribution >= 4 is 30.1 Å². The number of benzene rings is 1. The van der Waals surface area contributed by atoms with E-state index in [4.69, 9.17) is 0 Å². The van der Waals surface area contributed by atoms with Gasteiger partial charge in [0.15, 0.2) is 0 Å². The topological polar surface area (TPSA) is 18.8 Å². The molecule has 1 aromatic carbocycles. The molecule has 0 fully saturated rings. The van der Waals surface area contributed by atoms with Crippen LogP contribution in [0.5, 0.6) is 0 Å². The normalized spacial score (nSPS) is 17.1. The van der Waals surface area contributed by atoms with Gasteiger partial charge < -0.3 is 9.80 Å². The molecule has 2 aliphatic rings. The summed E-state index contributed by atoms with van der Waals surface area (Å²) in [5.74, 6) is 0. The molecule has 0 aromatic heterocycles. The third kappa shape index (κ3) is 2.86. The largest absolute Gasteiger partial charge is 0.371 e. The Labute approximate surface area is 121 Å². The minimum Gasteiger partial charge on any atom is -0.371 e. The molecule has 104 valence electrons. The van der Waals surface area contributed by atoms with Crippen LogP contribution < -0.4 is 4.90 Å². The first kappa shape index (κ1) is 14.2. The molecule has 0 amide bonds. The highest BCUT2D eigenvalue weighted by atomic mass is 35.5. The van der Waals surface area contributed by atoms with E-state index < -0.39 is 0 Å². The van der Waals surface area contributed by atoms with Gasteiger partial charge in [0.2, 0.25) is 0 Å². The number of nitrogens with zero attached hydrogens (tertiary/aromatic N) is 3. The summed E-state index contributed by atoms with van der Waals surface area (Å²) in [4.78, 5) is 9.10. The van der Waals surface area contributed by atoms with Gasteiger partial charge in [-0.2, -0.15) is 0 Å². The van der Waals surface area contributed by atoms with Crippen molar-refractivity contribution in [2.24, 2.45) is 4.99 Å². The number of hydrogen-bond donors (Lipinski definition) is 0. The lowest BCUT2D eigenvalue weighted by Gasteiger charge is -2.37. The summed E-state index contributed by atoms with van der Waals surface area (Å²) in [6.45, 7) is 2.47. The van der Waals surface area contributed by atoms with E-state index in [1.807, 2.05) is 25.3 Å². The second-order valence-corrected chi connectivity index (χ2v) is 5.51. The molecule has 4 heteroatoms. The molecule has 0 saturated carbocycles. The quantitative estimate of drug-likeness (QED) is 0.612. The maximum Gasteiger partial charge on any atom is 0.0907 e. The first-order chi connectivity index (χ1) is 8.74. The third-order valence-electron chi connectivity index (χ3n) is 3.75. The van der Waals surface area contributed by atoms with Crippen LogP contribution in [0.2, 0.25) is 0 Å². The Morgan fingerprint density at radius 2 is 1.68 bits per heavy atom. The second kappa shape index (κ2) is 5.83. The number of hydrogen-bond acceptors (Lipinski definition) is 2. The molecule has 0 unspecified atom stereocenters. The van der Waals surface area contributed by atoms with Crippen LogP contribution in [0.15, 0.2) is 17.1 Å². The number of aryl methyl sites for hydroxylation is 2. The molecule has 0 bridgehead atoms. The Balaban J connectivity index is 0.00000133. The smallest absolute Gasteiger partial charge is 0.0907 e. The van der Waals surface area contributed by atoms with Gasteiger partial charge in [0.25, 0.3) is 0 Å². The Kier molecular flexibility index (Phi) is 4.35. The fourth-order valence-corrected chi connectivity index (χ4v) is 3.04. The SMILES string of the molecule is CN(C)C=Nc1cc2c3c(c1)CCCN3CCC2.Cl. The van der Waals surface area contributed by atoms with E-state index in [-0.39, 0.29) is 12.4 Å². The average molecular weight is 280 g/mol. The lowest BCUT2D eigenvalue weighted by Crippen LogP contribution is -2.34. The van der Waals surface area contributed by atoms with Crippen molar-refractivity contribution in [3.8, 4) is 0 Å². The highest BCUT2D eigenvalue weighted by Gasteiger charge is 2.23. The van der Waals surface area contributed by atoms with Crippen LogP contribution in [0.3, 0.4) is 0 Å². The summed E-state index contributed by atoms with van der Waals surface area (Å²) < 4.78 is 0. The molecular weight excluding hydrogens is 258 g/mol. The van der Waals surface area contributed by atoms with E-state index in [2.05, 4.69) is 22.0 Å². The number of rotatable bonds is 2. The van der Waals surface area contributed by atoms with Gasteiger partial charge in [-0.05, 0) is 48.9 Å². The zero-order valence-electron chi connectivity index (χ0n) is 11.7. The van der Waals surface area contributed by atoms with Crippen molar-refractivity contribution in [2.75, 3.05) is 32.1 Å². The van der Waals surface area contributed by atoms with Gasteiger partial charge in [-0.15, -0.1) is 12.4 Å². The summed E-state index contributed by atoms with van der Waals surface area (Å²) in [6, 6.07) is 4.55. The van der Waals surface area contributed by atoms with Crippen LogP contribution in [0.1, 0.15) is 24.0 Å². The van der Waals surface area contributed by atoms with Crippen LogP contribution in [-0.4, -0.2) is 38.4 Å². The number of anilines is 1. The molecule has 2 heterocycles. The molecule has 0 saturated heterocycles. The summed E-state index contributed by atoms with van der Waals surface area (Å²) in [5.41, 5.74) is 5.64. The average Bonchev–Trinajstić information content (AvgIpc) is 2.37. The molecule has 0 aliphatic carbocycles. The van der Waals surface area contributed by atoms with E-state index >= 15 is 0 Å². The van der Waals surface area contributed by atoms with Gasteiger partial charge in [0, 0.05) is 32.9 Å². The van der Waals surface area contributed by atoms with Crippen LogP contribution in [0.25, 0.3) is 0 Å². The van der Waals surface area contributed by atoms with Gasteiger partial charge in [0.1, 0.15) is 0 Å². The highest BCUT2D eigenvalue weighted by Crippen LogP contribution is 2.37. The number of aliphatic imine (C=N–C) groups is 1. The molecular formula is C15H22ClN3. The van der Waals surface area contributed by atoms with E-state index in [0.29, 0.717) is 0 Å². The Morgan fingerprint density at radius 1 is 1.11 bits per heavy atom. The van der Waals surface area contributed by atoms with E-state index in [1.54, 1.807) is 0 Å². The molecule has 0 spiro atoms. The highest BCUT2D eigenvalue weighted by molar-refractivity contribution is 5.85. The van der Waals surface area contributed by atoms with Crippen LogP contribution in [0, 0.1) is 0 Å². The summed E-state index contributed by atoms with van der Waals surface area (Å²) >= 11 is 0. The fourth-order valence-electron chi connectivity index (χ4n) is 3.04. The molecule has 0 atom stereocenters. The third-order valence-corrected chi connectivity index (χ3v) is 3.75. The fraction of sp³-hybridized carbons (Fsp3) is 0.533.